The minimum atomic E-state index is -0.337. The number of halogens is 1. The van der Waals surface area contributed by atoms with Crippen LogP contribution in [-0.2, 0) is 11.3 Å². The molecule has 1 amide bonds. The summed E-state index contributed by atoms with van der Waals surface area (Å²) in [6.07, 6.45) is -0.337. The van der Waals surface area contributed by atoms with E-state index in [1.807, 2.05) is 13.8 Å². The maximum Gasteiger partial charge on any atom is 0.266 e. The van der Waals surface area contributed by atoms with Crippen LogP contribution in [0.3, 0.4) is 0 Å². The summed E-state index contributed by atoms with van der Waals surface area (Å²) in [7, 11) is 0. The fourth-order valence-electron chi connectivity index (χ4n) is 2.73. The van der Waals surface area contributed by atoms with Crippen LogP contribution < -0.4 is 4.74 Å². The van der Waals surface area contributed by atoms with Crippen molar-refractivity contribution in [2.75, 3.05) is 19.8 Å². The number of aryl methyl sites for hydroxylation is 1. The number of carbonyl (C=O) groups excluding carboxylic acids is 1. The third-order valence-corrected chi connectivity index (χ3v) is 5.55. The quantitative estimate of drug-likeness (QED) is 0.841. The summed E-state index contributed by atoms with van der Waals surface area (Å²) in [5, 5.41) is 10.7. The number of rotatable bonds is 5. The molecule has 1 aromatic heterocycles. The lowest BCUT2D eigenvalue weighted by molar-refractivity contribution is -0.0666. The SMILES string of the molecule is Cc1nc(COc2ccc(Cl)cc2)sc1C(=O)N1C[C@H](CO)OC[C@@H]1C. The molecule has 1 aliphatic heterocycles. The molecule has 1 aliphatic rings. The molecule has 3 rings (SSSR count). The van der Waals surface area contributed by atoms with Gasteiger partial charge >= 0.3 is 0 Å². The van der Waals surface area contributed by atoms with Crippen LogP contribution in [0.15, 0.2) is 24.3 Å². The topological polar surface area (TPSA) is 71.9 Å². The van der Waals surface area contributed by atoms with Gasteiger partial charge in [0, 0.05) is 11.6 Å². The van der Waals surface area contributed by atoms with Gasteiger partial charge in [-0.15, -0.1) is 11.3 Å². The van der Waals surface area contributed by atoms with Gasteiger partial charge in [0.05, 0.1) is 31.1 Å². The number of hydrogen-bond donors (Lipinski definition) is 1. The maximum atomic E-state index is 12.9. The van der Waals surface area contributed by atoms with Crippen molar-refractivity contribution in [2.24, 2.45) is 0 Å². The zero-order valence-corrected chi connectivity index (χ0v) is 16.2. The van der Waals surface area contributed by atoms with Crippen molar-refractivity contribution in [1.29, 1.82) is 0 Å². The van der Waals surface area contributed by atoms with Gasteiger partial charge in [0.2, 0.25) is 0 Å². The lowest BCUT2D eigenvalue weighted by Gasteiger charge is -2.37. The molecule has 8 heteroatoms. The fourth-order valence-corrected chi connectivity index (χ4v) is 3.79. The number of thiazole rings is 1. The fraction of sp³-hybridized carbons (Fsp3) is 0.444. The molecule has 0 saturated carbocycles. The Balaban J connectivity index is 1.68. The van der Waals surface area contributed by atoms with E-state index in [9.17, 15) is 9.90 Å². The van der Waals surface area contributed by atoms with Gasteiger partial charge in [0.1, 0.15) is 22.2 Å². The lowest BCUT2D eigenvalue weighted by Crippen LogP contribution is -2.52. The highest BCUT2D eigenvalue weighted by atomic mass is 35.5. The molecule has 0 unspecified atom stereocenters. The second kappa shape index (κ2) is 8.35. The molecule has 2 atom stereocenters. The first kappa shape index (κ1) is 19.1. The molecule has 140 valence electrons. The van der Waals surface area contributed by atoms with Crippen molar-refractivity contribution in [3.05, 3.63) is 44.9 Å². The van der Waals surface area contributed by atoms with Crippen molar-refractivity contribution >= 4 is 28.8 Å². The van der Waals surface area contributed by atoms with Gasteiger partial charge < -0.3 is 19.5 Å². The number of aliphatic hydroxyl groups is 1. The van der Waals surface area contributed by atoms with Crippen LogP contribution in [0.1, 0.15) is 27.3 Å². The number of nitrogens with zero attached hydrogens (tertiary/aromatic N) is 2. The number of ether oxygens (including phenoxy) is 2. The van der Waals surface area contributed by atoms with E-state index in [0.29, 0.717) is 41.1 Å². The van der Waals surface area contributed by atoms with Gasteiger partial charge in [-0.05, 0) is 38.1 Å². The molecule has 0 bridgehead atoms. The third-order valence-electron chi connectivity index (χ3n) is 4.18. The van der Waals surface area contributed by atoms with Crippen molar-refractivity contribution < 1.29 is 19.4 Å². The van der Waals surface area contributed by atoms with Crippen LogP contribution in [-0.4, -0.2) is 52.8 Å². The van der Waals surface area contributed by atoms with Crippen LogP contribution in [0.25, 0.3) is 0 Å². The summed E-state index contributed by atoms with van der Waals surface area (Å²) in [4.78, 5) is 19.7. The normalized spacial score (nSPS) is 20.2. The Bertz CT molecular complexity index is 765. The number of amides is 1. The summed E-state index contributed by atoms with van der Waals surface area (Å²) in [6.45, 7) is 4.75. The summed E-state index contributed by atoms with van der Waals surface area (Å²) in [6, 6.07) is 7.06. The number of morpholine rings is 1. The van der Waals surface area contributed by atoms with Gasteiger partial charge in [0.25, 0.3) is 5.91 Å². The van der Waals surface area contributed by atoms with Crippen LogP contribution in [0.4, 0.5) is 0 Å². The van der Waals surface area contributed by atoms with Gasteiger partial charge in [-0.1, -0.05) is 11.6 Å². The highest BCUT2D eigenvalue weighted by Gasteiger charge is 2.31. The Hall–Kier alpha value is -1.67. The van der Waals surface area contributed by atoms with Gasteiger partial charge in [-0.2, -0.15) is 0 Å². The molecule has 1 aromatic carbocycles. The Morgan fingerprint density at radius 3 is 2.88 bits per heavy atom. The standard InChI is InChI=1S/C18H21ClN2O4S/c1-11-9-24-15(8-22)7-21(11)18(23)17-12(2)20-16(26-17)10-25-14-5-3-13(19)4-6-14/h3-6,11,15,22H,7-10H2,1-2H3/t11-,15+/m0/s1. The number of aliphatic hydroxyl groups excluding tert-OH is 1. The van der Waals surface area contributed by atoms with Gasteiger partial charge in [-0.25, -0.2) is 4.98 Å². The lowest BCUT2D eigenvalue weighted by atomic mass is 10.2. The van der Waals surface area contributed by atoms with Crippen molar-refractivity contribution in [3.8, 4) is 5.75 Å². The summed E-state index contributed by atoms with van der Waals surface area (Å²) >= 11 is 7.20. The predicted molar refractivity (Wildman–Crippen MR) is 100.0 cm³/mol. The minimum absolute atomic E-state index is 0.0411. The van der Waals surface area contributed by atoms with Crippen LogP contribution >= 0.6 is 22.9 Å². The number of carbonyl (C=O) groups is 1. The molecule has 2 aromatic rings. The molecule has 1 N–H and O–H groups in total. The molecule has 1 saturated heterocycles. The van der Waals surface area contributed by atoms with E-state index in [1.54, 1.807) is 29.2 Å². The molecule has 2 heterocycles. The Morgan fingerprint density at radius 2 is 2.19 bits per heavy atom. The number of aromatic nitrogens is 1. The zero-order chi connectivity index (χ0) is 18.7. The van der Waals surface area contributed by atoms with Crippen LogP contribution in [0.5, 0.6) is 5.75 Å². The molecule has 6 nitrogen and oxygen atoms in total. The molecule has 0 radical (unpaired) electrons. The second-order valence-electron chi connectivity index (χ2n) is 6.21. The van der Waals surface area contributed by atoms with E-state index in [-0.39, 0.29) is 24.7 Å². The highest BCUT2D eigenvalue weighted by molar-refractivity contribution is 7.13. The van der Waals surface area contributed by atoms with E-state index in [4.69, 9.17) is 21.1 Å². The van der Waals surface area contributed by atoms with Crippen molar-refractivity contribution in [1.82, 2.24) is 9.88 Å². The monoisotopic (exact) mass is 396 g/mol. The molecule has 1 fully saturated rings. The third kappa shape index (κ3) is 4.35. The number of benzene rings is 1. The average molecular weight is 397 g/mol. The van der Waals surface area contributed by atoms with Gasteiger partial charge in [0.15, 0.2) is 0 Å². The summed E-state index contributed by atoms with van der Waals surface area (Å²) in [5.74, 6) is 0.620. The molecule has 0 spiro atoms. The predicted octanol–water partition coefficient (Wildman–Crippen LogP) is 2.91. The number of hydrogen-bond acceptors (Lipinski definition) is 6. The van der Waals surface area contributed by atoms with Crippen molar-refractivity contribution in [3.63, 3.8) is 0 Å². The van der Waals surface area contributed by atoms with E-state index in [0.717, 1.165) is 5.01 Å². The van der Waals surface area contributed by atoms with E-state index < -0.39 is 0 Å². The molecular weight excluding hydrogens is 376 g/mol. The smallest absolute Gasteiger partial charge is 0.266 e. The Kier molecular flexibility index (Phi) is 6.13. The summed E-state index contributed by atoms with van der Waals surface area (Å²) in [5.41, 5.74) is 0.689. The zero-order valence-electron chi connectivity index (χ0n) is 14.6. The largest absolute Gasteiger partial charge is 0.486 e. The van der Waals surface area contributed by atoms with E-state index in [1.165, 1.54) is 11.3 Å². The first-order chi connectivity index (χ1) is 12.5. The highest BCUT2D eigenvalue weighted by Crippen LogP contribution is 2.24. The summed E-state index contributed by atoms with van der Waals surface area (Å²) < 4.78 is 11.2. The average Bonchev–Trinajstić information content (AvgIpc) is 3.02. The Morgan fingerprint density at radius 1 is 1.46 bits per heavy atom. The van der Waals surface area contributed by atoms with Crippen LogP contribution in [0, 0.1) is 6.92 Å². The molecule has 0 aliphatic carbocycles. The first-order valence-electron chi connectivity index (χ1n) is 8.36. The van der Waals surface area contributed by atoms with Crippen molar-refractivity contribution in [2.45, 2.75) is 32.6 Å². The Labute approximate surface area is 161 Å². The first-order valence-corrected chi connectivity index (χ1v) is 9.55. The maximum absolute atomic E-state index is 12.9. The van der Waals surface area contributed by atoms with E-state index in [2.05, 4.69) is 4.98 Å². The van der Waals surface area contributed by atoms with E-state index >= 15 is 0 Å². The van der Waals surface area contributed by atoms with Crippen LogP contribution in [0.2, 0.25) is 5.02 Å². The second-order valence-corrected chi connectivity index (χ2v) is 7.73. The molecular formula is C18H21ClN2O4S. The minimum Gasteiger partial charge on any atom is -0.486 e. The molecule has 26 heavy (non-hydrogen) atoms. The van der Waals surface area contributed by atoms with Gasteiger partial charge in [-0.3, -0.25) is 4.79 Å².